The summed E-state index contributed by atoms with van der Waals surface area (Å²) in [5.74, 6) is 0. The average Bonchev–Trinajstić information content (AvgIpc) is 3.29. The van der Waals surface area contributed by atoms with Crippen molar-refractivity contribution in [1.29, 1.82) is 0 Å². The van der Waals surface area contributed by atoms with E-state index in [9.17, 15) is 13.2 Å². The first kappa shape index (κ1) is 21.8. The maximum atomic E-state index is 13.8. The van der Waals surface area contributed by atoms with Crippen LogP contribution in [0, 0.1) is 13.8 Å². The monoisotopic (exact) mass is 444 g/mol. The molecular weight excluding hydrogens is 416 g/mol. The average molecular weight is 445 g/mol. The molecule has 1 amide bonds. The van der Waals surface area contributed by atoms with Crippen LogP contribution >= 0.6 is 0 Å². The molecule has 1 spiro atoms. The van der Waals surface area contributed by atoms with Crippen molar-refractivity contribution in [2.45, 2.75) is 50.3 Å². The van der Waals surface area contributed by atoms with Crippen LogP contribution in [0.15, 0.2) is 47.4 Å². The van der Waals surface area contributed by atoms with Gasteiger partial charge in [-0.05, 0) is 51.8 Å². The van der Waals surface area contributed by atoms with Gasteiger partial charge >= 0.3 is 6.09 Å². The van der Waals surface area contributed by atoms with Crippen molar-refractivity contribution in [2.24, 2.45) is 0 Å². The number of sulfonamides is 1. The van der Waals surface area contributed by atoms with Crippen LogP contribution < -0.4 is 4.90 Å². The lowest BCUT2D eigenvalue weighted by molar-refractivity contribution is 0.000400. The number of hydrogen-bond donors (Lipinski definition) is 0. The highest BCUT2D eigenvalue weighted by molar-refractivity contribution is 7.89. The molecule has 0 radical (unpaired) electrons. The number of aryl methyl sites for hydroxylation is 2. The number of methoxy groups -OCH3 is 1. The van der Waals surface area contributed by atoms with Gasteiger partial charge in [-0.3, -0.25) is 0 Å². The standard InChI is InChI=1S/C23H28N2O5S/c1-5-30-22(26)25-20-12-9-17(3)15-19(20)23(21(25)29-4)13-6-14-24(23)31(27,28)18-10-7-16(2)8-11-18/h7-12,15,21H,5-6,13-14H2,1-4H3/t21-,23+/m0/s1. The SMILES string of the molecule is CCOC(=O)N1c2ccc(C)cc2[C@]2(CCCN2S(=O)(=O)c2ccc(C)cc2)[C@@H]1OC. The molecule has 2 aliphatic heterocycles. The van der Waals surface area contributed by atoms with Crippen molar-refractivity contribution in [2.75, 3.05) is 25.2 Å². The molecule has 7 nitrogen and oxygen atoms in total. The lowest BCUT2D eigenvalue weighted by atomic mass is 9.88. The Bertz CT molecular complexity index is 1100. The minimum Gasteiger partial charge on any atom is -0.449 e. The van der Waals surface area contributed by atoms with E-state index in [1.165, 1.54) is 16.3 Å². The predicted octanol–water partition coefficient (Wildman–Crippen LogP) is 3.93. The molecule has 0 unspecified atom stereocenters. The fraction of sp³-hybridized carbons (Fsp3) is 0.435. The first-order valence-electron chi connectivity index (χ1n) is 10.5. The van der Waals surface area contributed by atoms with Gasteiger partial charge in [0.15, 0.2) is 6.23 Å². The lowest BCUT2D eigenvalue weighted by Gasteiger charge is -2.40. The topological polar surface area (TPSA) is 76.2 Å². The Morgan fingerprint density at radius 2 is 1.81 bits per heavy atom. The van der Waals surface area contributed by atoms with Gasteiger partial charge in [-0.1, -0.05) is 35.4 Å². The van der Waals surface area contributed by atoms with Crippen molar-refractivity contribution in [3.05, 3.63) is 59.2 Å². The van der Waals surface area contributed by atoms with E-state index >= 15 is 0 Å². The molecule has 166 valence electrons. The summed E-state index contributed by atoms with van der Waals surface area (Å²) in [4.78, 5) is 14.6. The van der Waals surface area contributed by atoms with Crippen LogP contribution in [0.1, 0.15) is 36.5 Å². The number of fused-ring (bicyclic) bond motifs is 2. The minimum atomic E-state index is -3.83. The van der Waals surface area contributed by atoms with Crippen LogP contribution in [-0.4, -0.2) is 45.3 Å². The summed E-state index contributed by atoms with van der Waals surface area (Å²) >= 11 is 0. The van der Waals surface area contributed by atoms with Gasteiger partial charge in [0.05, 0.1) is 17.2 Å². The number of rotatable bonds is 4. The second-order valence-corrected chi connectivity index (χ2v) is 9.96. The quantitative estimate of drug-likeness (QED) is 0.714. The number of nitrogens with zero attached hydrogens (tertiary/aromatic N) is 2. The molecule has 0 bridgehead atoms. The molecule has 2 aromatic carbocycles. The Kier molecular flexibility index (Phi) is 5.57. The van der Waals surface area contributed by atoms with Crippen molar-refractivity contribution >= 4 is 21.8 Å². The zero-order valence-electron chi connectivity index (χ0n) is 18.3. The van der Waals surface area contributed by atoms with Gasteiger partial charge in [0.25, 0.3) is 0 Å². The predicted molar refractivity (Wildman–Crippen MR) is 117 cm³/mol. The van der Waals surface area contributed by atoms with Crippen LogP contribution in [0.2, 0.25) is 0 Å². The molecule has 0 N–H and O–H groups in total. The molecule has 0 aliphatic carbocycles. The minimum absolute atomic E-state index is 0.214. The molecule has 0 aromatic heterocycles. The van der Waals surface area contributed by atoms with Crippen LogP contribution in [0.5, 0.6) is 0 Å². The van der Waals surface area contributed by atoms with Gasteiger partial charge in [-0.25, -0.2) is 18.1 Å². The third kappa shape index (κ3) is 3.24. The highest BCUT2D eigenvalue weighted by atomic mass is 32.2. The van der Waals surface area contributed by atoms with Crippen LogP contribution in [0.25, 0.3) is 0 Å². The maximum Gasteiger partial charge on any atom is 0.416 e. The molecule has 0 saturated carbocycles. The van der Waals surface area contributed by atoms with Crippen molar-refractivity contribution in [1.82, 2.24) is 4.31 Å². The Hall–Kier alpha value is -2.42. The molecule has 31 heavy (non-hydrogen) atoms. The third-order valence-electron chi connectivity index (χ3n) is 6.18. The summed E-state index contributed by atoms with van der Waals surface area (Å²) in [5, 5.41) is 0. The molecule has 2 atom stereocenters. The molecule has 2 aliphatic rings. The second-order valence-electron chi connectivity index (χ2n) is 8.10. The molecular formula is C23H28N2O5S. The molecule has 8 heteroatoms. The third-order valence-corrected chi connectivity index (χ3v) is 8.14. The summed E-state index contributed by atoms with van der Waals surface area (Å²) in [6, 6.07) is 12.6. The molecule has 4 rings (SSSR count). The Morgan fingerprint density at radius 1 is 1.13 bits per heavy atom. The van der Waals surface area contributed by atoms with Gasteiger partial charge in [0.1, 0.15) is 5.54 Å². The smallest absolute Gasteiger partial charge is 0.416 e. The number of carbonyl (C=O) groups is 1. The summed E-state index contributed by atoms with van der Waals surface area (Å²) in [5.41, 5.74) is 2.35. The summed E-state index contributed by atoms with van der Waals surface area (Å²) in [7, 11) is -2.33. The van der Waals surface area contributed by atoms with E-state index in [1.807, 2.05) is 32.0 Å². The lowest BCUT2D eigenvalue weighted by Crippen LogP contribution is -2.56. The normalized spacial score (nSPS) is 23.4. The fourth-order valence-electron chi connectivity index (χ4n) is 4.87. The van der Waals surface area contributed by atoms with Crippen LogP contribution in [-0.2, 0) is 25.0 Å². The number of carbonyl (C=O) groups excluding carboxylic acids is 1. The molecule has 2 aromatic rings. The van der Waals surface area contributed by atoms with E-state index in [2.05, 4.69) is 0 Å². The first-order chi connectivity index (χ1) is 14.8. The second kappa shape index (κ2) is 7.93. The molecule has 1 saturated heterocycles. The summed E-state index contributed by atoms with van der Waals surface area (Å²) < 4.78 is 40.3. The maximum absolute atomic E-state index is 13.8. The Morgan fingerprint density at radius 3 is 2.45 bits per heavy atom. The van der Waals surface area contributed by atoms with Crippen molar-refractivity contribution in [3.8, 4) is 0 Å². The molecule has 1 fully saturated rings. The largest absolute Gasteiger partial charge is 0.449 e. The van der Waals surface area contributed by atoms with Gasteiger partial charge in [-0.2, -0.15) is 4.31 Å². The van der Waals surface area contributed by atoms with E-state index in [0.717, 1.165) is 16.7 Å². The van der Waals surface area contributed by atoms with E-state index in [4.69, 9.17) is 9.47 Å². The number of ether oxygens (including phenoxy) is 2. The van der Waals surface area contributed by atoms with E-state index in [1.54, 1.807) is 31.2 Å². The zero-order chi connectivity index (χ0) is 22.4. The van der Waals surface area contributed by atoms with Crippen LogP contribution in [0.4, 0.5) is 10.5 Å². The van der Waals surface area contributed by atoms with Crippen molar-refractivity contribution in [3.63, 3.8) is 0 Å². The Balaban J connectivity index is 1.92. The number of benzene rings is 2. The number of anilines is 1. The van der Waals surface area contributed by atoms with Crippen molar-refractivity contribution < 1.29 is 22.7 Å². The number of amides is 1. The molecule has 2 heterocycles. The van der Waals surface area contributed by atoms with Gasteiger partial charge in [0, 0.05) is 19.2 Å². The fourth-order valence-corrected chi connectivity index (χ4v) is 6.68. The highest BCUT2D eigenvalue weighted by Gasteiger charge is 2.62. The zero-order valence-corrected chi connectivity index (χ0v) is 19.1. The van der Waals surface area contributed by atoms with E-state index in [-0.39, 0.29) is 11.5 Å². The number of hydrogen-bond acceptors (Lipinski definition) is 5. The van der Waals surface area contributed by atoms with Gasteiger partial charge < -0.3 is 9.47 Å². The van der Waals surface area contributed by atoms with Gasteiger partial charge in [-0.15, -0.1) is 0 Å². The van der Waals surface area contributed by atoms with E-state index in [0.29, 0.717) is 25.1 Å². The first-order valence-corrected chi connectivity index (χ1v) is 11.9. The van der Waals surface area contributed by atoms with Gasteiger partial charge in [0.2, 0.25) is 10.0 Å². The van der Waals surface area contributed by atoms with Crippen LogP contribution in [0.3, 0.4) is 0 Å². The highest BCUT2D eigenvalue weighted by Crippen LogP contribution is 2.55. The van der Waals surface area contributed by atoms with E-state index < -0.39 is 27.9 Å². The summed E-state index contributed by atoms with van der Waals surface area (Å²) in [6.45, 7) is 6.18. The Labute approximate surface area is 183 Å². The summed E-state index contributed by atoms with van der Waals surface area (Å²) in [6.07, 6.45) is -0.167.